The minimum atomic E-state index is -0.219. The number of aromatic nitrogens is 4. The van der Waals surface area contributed by atoms with E-state index in [-0.39, 0.29) is 11.9 Å². The van der Waals surface area contributed by atoms with E-state index in [0.29, 0.717) is 12.2 Å². The molecule has 0 bridgehead atoms. The second-order valence-corrected chi connectivity index (χ2v) is 4.40. The van der Waals surface area contributed by atoms with Gasteiger partial charge in [-0.05, 0) is 25.3 Å². The van der Waals surface area contributed by atoms with Gasteiger partial charge < -0.3 is 5.32 Å². The first-order chi connectivity index (χ1) is 9.25. The van der Waals surface area contributed by atoms with E-state index in [1.807, 2.05) is 25.1 Å². The van der Waals surface area contributed by atoms with E-state index in [4.69, 9.17) is 0 Å². The van der Waals surface area contributed by atoms with Gasteiger partial charge in [0.05, 0.1) is 6.04 Å². The SMILES string of the molecule is CC(NC(=O)CCCc1ccccc1)c1nn[nH]n1. The average molecular weight is 259 g/mol. The summed E-state index contributed by atoms with van der Waals surface area (Å²) in [6.07, 6.45) is 2.23. The molecule has 0 spiro atoms. The monoisotopic (exact) mass is 259 g/mol. The normalized spacial score (nSPS) is 12.1. The van der Waals surface area contributed by atoms with Crippen molar-refractivity contribution in [2.24, 2.45) is 0 Å². The van der Waals surface area contributed by atoms with Crippen LogP contribution in [0.1, 0.15) is 37.2 Å². The second kappa shape index (κ2) is 6.63. The van der Waals surface area contributed by atoms with Gasteiger partial charge in [-0.1, -0.05) is 35.5 Å². The predicted molar refractivity (Wildman–Crippen MR) is 70.1 cm³/mol. The van der Waals surface area contributed by atoms with Gasteiger partial charge in [0.2, 0.25) is 5.91 Å². The molecule has 0 fully saturated rings. The van der Waals surface area contributed by atoms with Crippen LogP contribution in [0.15, 0.2) is 30.3 Å². The van der Waals surface area contributed by atoms with Crippen molar-refractivity contribution in [3.63, 3.8) is 0 Å². The summed E-state index contributed by atoms with van der Waals surface area (Å²) in [5.74, 6) is 0.504. The van der Waals surface area contributed by atoms with Crippen molar-refractivity contribution in [3.8, 4) is 0 Å². The molecule has 0 saturated carbocycles. The van der Waals surface area contributed by atoms with Gasteiger partial charge in [0.1, 0.15) is 0 Å². The molecule has 6 nitrogen and oxygen atoms in total. The van der Waals surface area contributed by atoms with Gasteiger partial charge in [0, 0.05) is 6.42 Å². The van der Waals surface area contributed by atoms with Gasteiger partial charge in [-0.3, -0.25) is 4.79 Å². The van der Waals surface area contributed by atoms with Crippen LogP contribution >= 0.6 is 0 Å². The first kappa shape index (κ1) is 13.2. The molecule has 0 aliphatic heterocycles. The van der Waals surface area contributed by atoms with Gasteiger partial charge in [-0.15, -0.1) is 10.2 Å². The van der Waals surface area contributed by atoms with Crippen LogP contribution in [0.2, 0.25) is 0 Å². The molecule has 0 aliphatic rings. The molecule has 1 heterocycles. The Morgan fingerprint density at radius 2 is 2.16 bits per heavy atom. The largest absolute Gasteiger partial charge is 0.346 e. The minimum Gasteiger partial charge on any atom is -0.346 e. The summed E-state index contributed by atoms with van der Waals surface area (Å²) in [6.45, 7) is 1.83. The number of carbonyl (C=O) groups excluding carboxylic acids is 1. The lowest BCUT2D eigenvalue weighted by Crippen LogP contribution is -2.27. The molecule has 1 atom stereocenters. The van der Waals surface area contributed by atoms with Crippen molar-refractivity contribution >= 4 is 5.91 Å². The summed E-state index contributed by atoms with van der Waals surface area (Å²) < 4.78 is 0. The highest BCUT2D eigenvalue weighted by Crippen LogP contribution is 2.07. The van der Waals surface area contributed by atoms with Crippen LogP contribution in [-0.4, -0.2) is 26.5 Å². The first-order valence-corrected chi connectivity index (χ1v) is 6.32. The van der Waals surface area contributed by atoms with Gasteiger partial charge in [0.25, 0.3) is 0 Å². The van der Waals surface area contributed by atoms with Crippen LogP contribution in [0.25, 0.3) is 0 Å². The van der Waals surface area contributed by atoms with Gasteiger partial charge >= 0.3 is 0 Å². The molecular formula is C13H17N5O. The van der Waals surface area contributed by atoms with Crippen molar-refractivity contribution in [3.05, 3.63) is 41.7 Å². The van der Waals surface area contributed by atoms with E-state index in [9.17, 15) is 4.79 Å². The Balaban J connectivity index is 1.70. The van der Waals surface area contributed by atoms with E-state index in [1.165, 1.54) is 5.56 Å². The summed E-state index contributed by atoms with van der Waals surface area (Å²) in [6, 6.07) is 9.92. The number of H-pyrrole nitrogens is 1. The first-order valence-electron chi connectivity index (χ1n) is 6.32. The van der Waals surface area contributed by atoms with E-state index < -0.39 is 0 Å². The van der Waals surface area contributed by atoms with Gasteiger partial charge in [0.15, 0.2) is 5.82 Å². The molecule has 0 radical (unpaired) electrons. The zero-order valence-corrected chi connectivity index (χ0v) is 10.8. The average Bonchev–Trinajstić information content (AvgIpc) is 2.94. The number of benzene rings is 1. The number of amides is 1. The Hall–Kier alpha value is -2.24. The third-order valence-electron chi connectivity index (χ3n) is 2.84. The molecule has 1 amide bonds. The third kappa shape index (κ3) is 4.17. The second-order valence-electron chi connectivity index (χ2n) is 4.40. The van der Waals surface area contributed by atoms with Gasteiger partial charge in [-0.25, -0.2) is 0 Å². The lowest BCUT2D eigenvalue weighted by atomic mass is 10.1. The van der Waals surface area contributed by atoms with Crippen LogP contribution < -0.4 is 5.32 Å². The fourth-order valence-electron chi connectivity index (χ4n) is 1.83. The number of aromatic amines is 1. The topological polar surface area (TPSA) is 83.6 Å². The van der Waals surface area contributed by atoms with E-state index in [2.05, 4.69) is 38.1 Å². The lowest BCUT2D eigenvalue weighted by Gasteiger charge is -2.09. The summed E-state index contributed by atoms with van der Waals surface area (Å²) >= 11 is 0. The molecule has 6 heteroatoms. The number of tetrazole rings is 1. The van der Waals surface area contributed by atoms with Gasteiger partial charge in [-0.2, -0.15) is 5.21 Å². The lowest BCUT2D eigenvalue weighted by molar-refractivity contribution is -0.121. The number of nitrogens with one attached hydrogen (secondary N) is 2. The maximum atomic E-state index is 11.7. The minimum absolute atomic E-state index is 0.00762. The van der Waals surface area contributed by atoms with E-state index in [0.717, 1.165) is 12.8 Å². The molecule has 2 aromatic rings. The van der Waals surface area contributed by atoms with Crippen molar-refractivity contribution in [2.75, 3.05) is 0 Å². The fourth-order valence-corrected chi connectivity index (χ4v) is 1.83. The molecule has 19 heavy (non-hydrogen) atoms. The molecule has 100 valence electrons. The maximum absolute atomic E-state index is 11.7. The van der Waals surface area contributed by atoms with Crippen molar-refractivity contribution < 1.29 is 4.79 Å². The van der Waals surface area contributed by atoms with Crippen molar-refractivity contribution in [2.45, 2.75) is 32.2 Å². The van der Waals surface area contributed by atoms with Crippen LogP contribution in [0.3, 0.4) is 0 Å². The standard InChI is InChI=1S/C13H17N5O/c1-10(13-15-17-18-16-13)14-12(19)9-5-8-11-6-3-2-4-7-11/h2-4,6-7,10H,5,8-9H2,1H3,(H,14,19)(H,15,16,17,18). The summed E-state index contributed by atoms with van der Waals surface area (Å²) in [5, 5.41) is 16.3. The zero-order chi connectivity index (χ0) is 13.5. The highest BCUT2D eigenvalue weighted by Gasteiger charge is 2.12. The predicted octanol–water partition coefficient (Wildman–Crippen LogP) is 1.40. The van der Waals surface area contributed by atoms with E-state index >= 15 is 0 Å². The van der Waals surface area contributed by atoms with Crippen molar-refractivity contribution in [1.82, 2.24) is 25.9 Å². The summed E-state index contributed by atoms with van der Waals surface area (Å²) in [7, 11) is 0. The Morgan fingerprint density at radius 3 is 2.84 bits per heavy atom. The number of hydrogen-bond donors (Lipinski definition) is 2. The van der Waals surface area contributed by atoms with Crippen LogP contribution in [0, 0.1) is 0 Å². The summed E-state index contributed by atoms with van der Waals surface area (Å²) in [5.41, 5.74) is 1.25. The molecule has 1 aromatic carbocycles. The molecule has 2 rings (SSSR count). The Morgan fingerprint density at radius 1 is 1.37 bits per heavy atom. The molecule has 1 aromatic heterocycles. The zero-order valence-electron chi connectivity index (χ0n) is 10.8. The smallest absolute Gasteiger partial charge is 0.220 e. The number of hydrogen-bond acceptors (Lipinski definition) is 4. The van der Waals surface area contributed by atoms with Crippen LogP contribution in [-0.2, 0) is 11.2 Å². The molecule has 0 saturated heterocycles. The summed E-state index contributed by atoms with van der Waals surface area (Å²) in [4.78, 5) is 11.7. The molecule has 2 N–H and O–H groups in total. The number of aryl methyl sites for hydroxylation is 1. The van der Waals surface area contributed by atoms with Crippen LogP contribution in [0.5, 0.6) is 0 Å². The van der Waals surface area contributed by atoms with E-state index in [1.54, 1.807) is 0 Å². The van der Waals surface area contributed by atoms with Crippen LogP contribution in [0.4, 0.5) is 0 Å². The third-order valence-corrected chi connectivity index (χ3v) is 2.84. The maximum Gasteiger partial charge on any atom is 0.220 e. The molecular weight excluding hydrogens is 242 g/mol. The Kier molecular flexibility index (Phi) is 4.60. The van der Waals surface area contributed by atoms with Crippen molar-refractivity contribution in [1.29, 1.82) is 0 Å². The Bertz CT molecular complexity index is 497. The molecule has 0 aliphatic carbocycles. The molecule has 1 unspecified atom stereocenters. The number of nitrogens with zero attached hydrogens (tertiary/aromatic N) is 3. The quantitative estimate of drug-likeness (QED) is 0.821. The fraction of sp³-hybridized carbons (Fsp3) is 0.385. The number of rotatable bonds is 6. The Labute approximate surface area is 111 Å². The highest BCUT2D eigenvalue weighted by atomic mass is 16.1. The highest BCUT2D eigenvalue weighted by molar-refractivity contribution is 5.76. The number of carbonyl (C=O) groups is 1.